The second-order valence-electron chi connectivity index (χ2n) is 6.25. The number of nitrogens with two attached hydrogens (primary N) is 1. The summed E-state index contributed by atoms with van der Waals surface area (Å²) < 4.78 is 0.171. The fourth-order valence-electron chi connectivity index (χ4n) is 2.80. The van der Waals surface area contributed by atoms with E-state index in [1.54, 1.807) is 0 Å². The van der Waals surface area contributed by atoms with E-state index in [4.69, 9.17) is 18.0 Å². The number of aromatic amines is 1. The van der Waals surface area contributed by atoms with Gasteiger partial charge < -0.3 is 16.0 Å². The van der Waals surface area contributed by atoms with Crippen LogP contribution in [0.4, 0.5) is 11.5 Å². The minimum Gasteiger partial charge on any atom is -0.383 e. The van der Waals surface area contributed by atoms with E-state index >= 15 is 0 Å². The van der Waals surface area contributed by atoms with Crippen LogP contribution >= 0.6 is 12.2 Å². The predicted octanol–water partition coefficient (Wildman–Crippen LogP) is 4.57. The number of rotatable bonds is 3. The van der Waals surface area contributed by atoms with Gasteiger partial charge in [0.15, 0.2) is 4.77 Å². The lowest BCUT2D eigenvalue weighted by Crippen LogP contribution is -2.17. The number of aryl methyl sites for hydroxylation is 3. The first-order chi connectivity index (χ1) is 12.4. The maximum Gasteiger partial charge on any atom is 0.272 e. The molecule has 5 nitrogen and oxygen atoms in total. The summed E-state index contributed by atoms with van der Waals surface area (Å²) in [6, 6.07) is 13.5. The molecule has 0 saturated heterocycles. The van der Waals surface area contributed by atoms with Crippen LogP contribution < -0.4 is 11.1 Å². The molecule has 0 bridgehead atoms. The molecule has 2 aromatic carbocycles. The molecule has 3 rings (SSSR count). The summed E-state index contributed by atoms with van der Waals surface area (Å²) in [6.45, 7) is 5.99. The molecule has 0 unspecified atom stereocenters. The van der Waals surface area contributed by atoms with Gasteiger partial charge in [0.1, 0.15) is 11.5 Å². The Labute approximate surface area is 157 Å². The van der Waals surface area contributed by atoms with Crippen molar-refractivity contribution in [3.8, 4) is 11.1 Å². The largest absolute Gasteiger partial charge is 0.383 e. The van der Waals surface area contributed by atoms with Crippen LogP contribution in [-0.2, 0) is 0 Å². The van der Waals surface area contributed by atoms with Gasteiger partial charge in [-0.05, 0) is 67.4 Å². The summed E-state index contributed by atoms with van der Waals surface area (Å²) in [7, 11) is 0. The maximum atomic E-state index is 12.9. The van der Waals surface area contributed by atoms with Crippen molar-refractivity contribution in [3.63, 3.8) is 0 Å². The van der Waals surface area contributed by atoms with Crippen LogP contribution in [0.2, 0.25) is 0 Å². The van der Waals surface area contributed by atoms with Crippen molar-refractivity contribution < 1.29 is 4.79 Å². The van der Waals surface area contributed by atoms with Gasteiger partial charge in [0.25, 0.3) is 5.91 Å². The lowest BCUT2D eigenvalue weighted by molar-refractivity contribution is 0.102. The number of amides is 1. The van der Waals surface area contributed by atoms with E-state index in [1.807, 2.05) is 63.2 Å². The Balaban J connectivity index is 2.09. The molecule has 0 atom stereocenters. The van der Waals surface area contributed by atoms with E-state index in [1.165, 1.54) is 0 Å². The minimum atomic E-state index is -0.313. The first-order valence-electron chi connectivity index (χ1n) is 8.21. The fraction of sp³-hybridized carbons (Fsp3) is 0.150. The highest BCUT2D eigenvalue weighted by Crippen LogP contribution is 2.30. The number of hydrogen-bond acceptors (Lipinski definition) is 4. The van der Waals surface area contributed by atoms with Gasteiger partial charge in [0.2, 0.25) is 0 Å². The molecule has 0 spiro atoms. The standard InChI is InChI=1S/C20H20N4OS/c1-11-8-9-14(10-13(11)3)22-19(25)17-16(18(21)24-20(26)23-17)15-7-5-4-6-12(15)2/h4-10H,1-3H3,(H,22,25)(H3,21,23,24,26). The Bertz CT molecular complexity index is 1060. The zero-order chi connectivity index (χ0) is 18.8. The Morgan fingerprint density at radius 2 is 1.81 bits per heavy atom. The summed E-state index contributed by atoms with van der Waals surface area (Å²) in [5, 5.41) is 2.91. The number of hydrogen-bond donors (Lipinski definition) is 3. The molecule has 3 aromatic rings. The topological polar surface area (TPSA) is 83.8 Å². The van der Waals surface area contributed by atoms with Gasteiger partial charge in [0.05, 0.1) is 5.56 Å². The molecule has 6 heteroatoms. The molecule has 1 heterocycles. The van der Waals surface area contributed by atoms with Crippen molar-refractivity contribution in [1.82, 2.24) is 9.97 Å². The third-order valence-corrected chi connectivity index (χ3v) is 4.56. The Morgan fingerprint density at radius 1 is 1.08 bits per heavy atom. The molecule has 0 aliphatic heterocycles. The highest BCUT2D eigenvalue weighted by Gasteiger charge is 2.19. The second kappa shape index (κ2) is 7.09. The number of nitrogens with one attached hydrogen (secondary N) is 2. The molecular formula is C20H20N4OS. The van der Waals surface area contributed by atoms with E-state index in [9.17, 15) is 4.79 Å². The summed E-state index contributed by atoms with van der Waals surface area (Å²) in [4.78, 5) is 20.0. The predicted molar refractivity (Wildman–Crippen MR) is 108 cm³/mol. The highest BCUT2D eigenvalue weighted by molar-refractivity contribution is 7.71. The third-order valence-electron chi connectivity index (χ3n) is 4.37. The number of carbonyl (C=O) groups excluding carboxylic acids is 1. The molecule has 4 N–H and O–H groups in total. The molecule has 0 saturated carbocycles. The molecule has 132 valence electrons. The van der Waals surface area contributed by atoms with E-state index in [-0.39, 0.29) is 16.5 Å². The minimum absolute atomic E-state index is 0.171. The van der Waals surface area contributed by atoms with E-state index in [2.05, 4.69) is 15.3 Å². The van der Waals surface area contributed by atoms with Gasteiger partial charge in [-0.1, -0.05) is 30.3 Å². The zero-order valence-corrected chi connectivity index (χ0v) is 15.7. The van der Waals surface area contributed by atoms with E-state index < -0.39 is 0 Å². The van der Waals surface area contributed by atoms with Crippen LogP contribution in [0.3, 0.4) is 0 Å². The second-order valence-corrected chi connectivity index (χ2v) is 6.63. The summed E-state index contributed by atoms with van der Waals surface area (Å²) in [5.74, 6) is -0.0833. The van der Waals surface area contributed by atoms with Crippen molar-refractivity contribution in [1.29, 1.82) is 0 Å². The number of aromatic nitrogens is 2. The van der Waals surface area contributed by atoms with E-state index in [0.29, 0.717) is 16.9 Å². The first kappa shape index (κ1) is 17.8. The number of anilines is 2. The van der Waals surface area contributed by atoms with Crippen LogP contribution in [0.15, 0.2) is 42.5 Å². The summed E-state index contributed by atoms with van der Waals surface area (Å²) in [5.41, 5.74) is 11.8. The number of H-pyrrole nitrogens is 1. The molecule has 0 aliphatic carbocycles. The molecule has 0 fully saturated rings. The lowest BCUT2D eigenvalue weighted by atomic mass is 9.99. The van der Waals surface area contributed by atoms with Crippen molar-refractivity contribution in [3.05, 3.63) is 69.6 Å². The Morgan fingerprint density at radius 3 is 2.50 bits per heavy atom. The maximum absolute atomic E-state index is 12.9. The molecular weight excluding hydrogens is 344 g/mol. The molecule has 1 amide bonds. The van der Waals surface area contributed by atoms with Gasteiger partial charge in [-0.3, -0.25) is 4.79 Å². The van der Waals surface area contributed by atoms with Gasteiger partial charge in [0, 0.05) is 5.69 Å². The van der Waals surface area contributed by atoms with Crippen molar-refractivity contribution >= 4 is 29.6 Å². The smallest absolute Gasteiger partial charge is 0.272 e. The van der Waals surface area contributed by atoms with Crippen LogP contribution in [0.25, 0.3) is 11.1 Å². The number of nitrogens with zero attached hydrogens (tertiary/aromatic N) is 1. The van der Waals surface area contributed by atoms with Gasteiger partial charge in [-0.2, -0.15) is 0 Å². The van der Waals surface area contributed by atoms with Crippen LogP contribution in [0, 0.1) is 25.5 Å². The number of benzene rings is 2. The molecule has 0 radical (unpaired) electrons. The van der Waals surface area contributed by atoms with Gasteiger partial charge in [-0.25, -0.2) is 4.98 Å². The van der Waals surface area contributed by atoms with E-state index in [0.717, 1.165) is 22.3 Å². The average molecular weight is 364 g/mol. The molecule has 0 aliphatic rings. The van der Waals surface area contributed by atoms with Crippen LogP contribution in [0.1, 0.15) is 27.2 Å². The van der Waals surface area contributed by atoms with Crippen molar-refractivity contribution in [2.24, 2.45) is 0 Å². The quantitative estimate of drug-likeness (QED) is 0.595. The van der Waals surface area contributed by atoms with Crippen LogP contribution in [0.5, 0.6) is 0 Å². The average Bonchev–Trinajstić information content (AvgIpc) is 2.58. The Kier molecular flexibility index (Phi) is 4.86. The Hall–Kier alpha value is -2.99. The SMILES string of the molecule is Cc1ccc(NC(=O)c2[nH]c(=S)nc(N)c2-c2ccccc2C)cc1C. The number of carbonyl (C=O) groups is 1. The summed E-state index contributed by atoms with van der Waals surface area (Å²) in [6.07, 6.45) is 0. The molecule has 1 aromatic heterocycles. The fourth-order valence-corrected chi connectivity index (χ4v) is 3.00. The third kappa shape index (κ3) is 3.50. The van der Waals surface area contributed by atoms with Gasteiger partial charge in [-0.15, -0.1) is 0 Å². The lowest BCUT2D eigenvalue weighted by Gasteiger charge is -2.14. The monoisotopic (exact) mass is 364 g/mol. The summed E-state index contributed by atoms with van der Waals surface area (Å²) >= 11 is 5.12. The first-order valence-corrected chi connectivity index (χ1v) is 8.62. The van der Waals surface area contributed by atoms with Crippen LogP contribution in [-0.4, -0.2) is 15.9 Å². The van der Waals surface area contributed by atoms with Gasteiger partial charge >= 0.3 is 0 Å². The zero-order valence-electron chi connectivity index (χ0n) is 14.9. The normalized spacial score (nSPS) is 10.6. The van der Waals surface area contributed by atoms with Crippen molar-refractivity contribution in [2.75, 3.05) is 11.1 Å². The molecule has 26 heavy (non-hydrogen) atoms. The van der Waals surface area contributed by atoms with Crippen molar-refractivity contribution in [2.45, 2.75) is 20.8 Å². The highest BCUT2D eigenvalue weighted by atomic mass is 32.1. The number of nitrogen functional groups attached to an aromatic ring is 1.